The summed E-state index contributed by atoms with van der Waals surface area (Å²) in [5.74, 6) is 0.985. The summed E-state index contributed by atoms with van der Waals surface area (Å²) in [7, 11) is 1.96. The van der Waals surface area contributed by atoms with E-state index in [0.29, 0.717) is 0 Å². The first kappa shape index (κ1) is 13.7. The first-order valence-electron chi connectivity index (χ1n) is 7.23. The summed E-state index contributed by atoms with van der Waals surface area (Å²) in [4.78, 5) is 0. The zero-order valence-electron chi connectivity index (χ0n) is 13.2. The van der Waals surface area contributed by atoms with Crippen molar-refractivity contribution >= 4 is 16.7 Å². The van der Waals surface area contributed by atoms with E-state index in [1.807, 2.05) is 36.9 Å². The summed E-state index contributed by atoms with van der Waals surface area (Å²) in [5.41, 5.74) is 5.37. The average molecular weight is 283 g/mol. The van der Waals surface area contributed by atoms with Crippen LogP contribution in [0.4, 0.5) is 5.69 Å². The molecule has 0 aliphatic heterocycles. The van der Waals surface area contributed by atoms with Gasteiger partial charge in [0, 0.05) is 18.0 Å². The Morgan fingerprint density at radius 3 is 2.52 bits per heavy atom. The second-order valence-corrected chi connectivity index (χ2v) is 5.62. The third-order valence-electron chi connectivity index (χ3n) is 4.14. The van der Waals surface area contributed by atoms with E-state index in [0.717, 1.165) is 28.4 Å². The summed E-state index contributed by atoms with van der Waals surface area (Å²) in [5, 5.41) is 9.17. The minimum atomic E-state index is 0.0963. The highest BCUT2D eigenvalue weighted by atomic mass is 16.3. The number of furan rings is 1. The molecule has 110 valence electrons. The van der Waals surface area contributed by atoms with Gasteiger partial charge in [0.05, 0.1) is 23.1 Å². The van der Waals surface area contributed by atoms with E-state index in [1.165, 1.54) is 10.9 Å². The van der Waals surface area contributed by atoms with E-state index in [9.17, 15) is 0 Å². The molecule has 1 aromatic carbocycles. The Bertz CT molecular complexity index is 798. The van der Waals surface area contributed by atoms with Crippen LogP contribution in [-0.4, -0.2) is 9.78 Å². The zero-order valence-corrected chi connectivity index (χ0v) is 13.2. The van der Waals surface area contributed by atoms with Crippen LogP contribution in [0.2, 0.25) is 0 Å². The Balaban J connectivity index is 1.97. The van der Waals surface area contributed by atoms with Crippen LogP contribution in [0.15, 0.2) is 28.7 Å². The number of benzene rings is 1. The van der Waals surface area contributed by atoms with Crippen LogP contribution in [0.25, 0.3) is 11.0 Å². The van der Waals surface area contributed by atoms with Crippen LogP contribution in [0.3, 0.4) is 0 Å². The van der Waals surface area contributed by atoms with E-state index < -0.39 is 0 Å². The highest BCUT2D eigenvalue weighted by Gasteiger charge is 2.19. The molecule has 0 amide bonds. The van der Waals surface area contributed by atoms with Gasteiger partial charge < -0.3 is 9.73 Å². The van der Waals surface area contributed by atoms with Gasteiger partial charge in [0.25, 0.3) is 0 Å². The molecule has 0 aliphatic rings. The lowest BCUT2D eigenvalue weighted by molar-refractivity contribution is 0.522. The predicted octanol–water partition coefficient (Wildman–Crippen LogP) is 4.26. The number of aromatic nitrogens is 2. The molecule has 3 rings (SSSR count). The van der Waals surface area contributed by atoms with Gasteiger partial charge in [0.2, 0.25) is 0 Å². The summed E-state index contributed by atoms with van der Waals surface area (Å²) < 4.78 is 7.93. The van der Waals surface area contributed by atoms with Crippen LogP contribution < -0.4 is 5.32 Å². The molecule has 4 heteroatoms. The second kappa shape index (κ2) is 4.95. The maximum absolute atomic E-state index is 6.03. The van der Waals surface area contributed by atoms with Crippen LogP contribution in [0.5, 0.6) is 0 Å². The van der Waals surface area contributed by atoms with Crippen molar-refractivity contribution in [3.63, 3.8) is 0 Å². The quantitative estimate of drug-likeness (QED) is 0.780. The number of para-hydroxylation sites is 1. The molecule has 0 saturated carbocycles. The fourth-order valence-corrected chi connectivity index (χ4v) is 2.87. The zero-order chi connectivity index (χ0) is 15.1. The molecule has 1 atom stereocenters. The third kappa shape index (κ3) is 2.20. The van der Waals surface area contributed by atoms with Crippen LogP contribution >= 0.6 is 0 Å². The van der Waals surface area contributed by atoms with Gasteiger partial charge in [-0.25, -0.2) is 0 Å². The monoisotopic (exact) mass is 283 g/mol. The largest absolute Gasteiger partial charge is 0.459 e. The SMILES string of the molecule is Cc1nn(C)c(C)c1NC(C)c1oc2ccccc2c1C. The molecule has 0 spiro atoms. The second-order valence-electron chi connectivity index (χ2n) is 5.62. The molecule has 0 fully saturated rings. The van der Waals surface area contributed by atoms with Gasteiger partial charge >= 0.3 is 0 Å². The average Bonchev–Trinajstić information content (AvgIpc) is 2.92. The minimum Gasteiger partial charge on any atom is -0.459 e. The molecule has 2 aromatic heterocycles. The van der Waals surface area contributed by atoms with E-state index in [-0.39, 0.29) is 6.04 Å². The van der Waals surface area contributed by atoms with Crippen molar-refractivity contribution in [3.8, 4) is 0 Å². The number of anilines is 1. The third-order valence-corrected chi connectivity index (χ3v) is 4.14. The van der Waals surface area contributed by atoms with Crippen molar-refractivity contribution in [2.75, 3.05) is 5.32 Å². The minimum absolute atomic E-state index is 0.0963. The Kier molecular flexibility index (Phi) is 3.24. The summed E-state index contributed by atoms with van der Waals surface area (Å²) in [6.07, 6.45) is 0. The fourth-order valence-electron chi connectivity index (χ4n) is 2.87. The number of hydrogen-bond acceptors (Lipinski definition) is 3. The van der Waals surface area contributed by atoms with Crippen LogP contribution in [0.1, 0.15) is 35.7 Å². The molecule has 0 bridgehead atoms. The molecular weight excluding hydrogens is 262 g/mol. The van der Waals surface area contributed by atoms with Gasteiger partial charge in [-0.1, -0.05) is 18.2 Å². The van der Waals surface area contributed by atoms with Crippen LogP contribution in [-0.2, 0) is 7.05 Å². The van der Waals surface area contributed by atoms with Crippen molar-refractivity contribution in [1.82, 2.24) is 9.78 Å². The number of rotatable bonds is 3. The fraction of sp³-hybridized carbons (Fsp3) is 0.353. The standard InChI is InChI=1S/C17H21N3O/c1-10-14-8-6-7-9-15(14)21-17(10)12(3)18-16-11(2)19-20(5)13(16)4/h6-9,12,18H,1-5H3. The molecule has 21 heavy (non-hydrogen) atoms. The Morgan fingerprint density at radius 2 is 1.90 bits per heavy atom. The lowest BCUT2D eigenvalue weighted by atomic mass is 10.1. The van der Waals surface area contributed by atoms with Gasteiger partial charge in [0.1, 0.15) is 11.3 Å². The molecule has 3 aromatic rings. The Hall–Kier alpha value is -2.23. The molecule has 2 heterocycles. The maximum Gasteiger partial charge on any atom is 0.134 e. The molecular formula is C17H21N3O. The number of nitrogens with one attached hydrogen (secondary N) is 1. The van der Waals surface area contributed by atoms with E-state index in [2.05, 4.69) is 37.3 Å². The van der Waals surface area contributed by atoms with E-state index >= 15 is 0 Å². The highest BCUT2D eigenvalue weighted by molar-refractivity contribution is 5.82. The first-order valence-corrected chi connectivity index (χ1v) is 7.23. The van der Waals surface area contributed by atoms with Gasteiger partial charge in [-0.2, -0.15) is 5.10 Å². The lowest BCUT2D eigenvalue weighted by Crippen LogP contribution is -2.08. The van der Waals surface area contributed by atoms with Crippen molar-refractivity contribution in [1.29, 1.82) is 0 Å². The van der Waals surface area contributed by atoms with Gasteiger partial charge in [0.15, 0.2) is 0 Å². The number of fused-ring (bicyclic) bond motifs is 1. The van der Waals surface area contributed by atoms with Gasteiger partial charge in [-0.15, -0.1) is 0 Å². The van der Waals surface area contributed by atoms with E-state index in [4.69, 9.17) is 4.42 Å². The summed E-state index contributed by atoms with van der Waals surface area (Å²) in [6, 6.07) is 8.26. The van der Waals surface area contributed by atoms with Crippen LogP contribution in [0, 0.1) is 20.8 Å². The van der Waals surface area contributed by atoms with Crippen molar-refractivity contribution < 1.29 is 4.42 Å². The van der Waals surface area contributed by atoms with Crippen molar-refractivity contribution in [3.05, 3.63) is 47.0 Å². The molecule has 0 radical (unpaired) electrons. The number of nitrogens with zero attached hydrogens (tertiary/aromatic N) is 2. The normalized spacial score (nSPS) is 12.8. The summed E-state index contributed by atoms with van der Waals surface area (Å²) >= 11 is 0. The number of hydrogen-bond donors (Lipinski definition) is 1. The van der Waals surface area contributed by atoms with Crippen molar-refractivity contribution in [2.24, 2.45) is 7.05 Å². The van der Waals surface area contributed by atoms with E-state index in [1.54, 1.807) is 0 Å². The topological polar surface area (TPSA) is 43.0 Å². The molecule has 1 unspecified atom stereocenters. The highest BCUT2D eigenvalue weighted by Crippen LogP contribution is 2.32. The molecule has 4 nitrogen and oxygen atoms in total. The predicted molar refractivity (Wildman–Crippen MR) is 85.7 cm³/mol. The maximum atomic E-state index is 6.03. The molecule has 0 saturated heterocycles. The first-order chi connectivity index (χ1) is 9.99. The molecule has 1 N–H and O–H groups in total. The smallest absolute Gasteiger partial charge is 0.134 e. The van der Waals surface area contributed by atoms with Gasteiger partial charge in [-0.05, 0) is 33.8 Å². The summed E-state index contributed by atoms with van der Waals surface area (Å²) in [6.45, 7) is 8.33. The Morgan fingerprint density at radius 1 is 1.19 bits per heavy atom. The molecule has 0 aliphatic carbocycles. The lowest BCUT2D eigenvalue weighted by Gasteiger charge is -2.14. The van der Waals surface area contributed by atoms with Gasteiger partial charge in [-0.3, -0.25) is 4.68 Å². The van der Waals surface area contributed by atoms with Crippen molar-refractivity contribution in [2.45, 2.75) is 33.7 Å². The number of aryl methyl sites for hydroxylation is 3. The Labute approximate surface area is 124 Å².